The molecule has 2 aromatic carbocycles. The van der Waals surface area contributed by atoms with Crippen LogP contribution in [0.3, 0.4) is 0 Å². The summed E-state index contributed by atoms with van der Waals surface area (Å²) in [7, 11) is 2.84. The molecule has 1 fully saturated rings. The number of rotatable bonds is 9. The lowest BCUT2D eigenvalue weighted by molar-refractivity contribution is -0.153. The van der Waals surface area contributed by atoms with Crippen LogP contribution < -0.4 is 9.47 Å². The summed E-state index contributed by atoms with van der Waals surface area (Å²) in [6.45, 7) is 7.62. The standard InChI is InChI=1S/C27H35O4S/c1-6-27(2,3)31-26(28)25(20-10-8-7-9-11-20)32(23-16-12-21(29-4)13-17-23)24-18-14-22(30-5)15-19-24/h6,12-20,25H,1,7-11H2,2-5H3/q+1. The number of carbonyl (C=O) groups is 1. The molecule has 32 heavy (non-hydrogen) atoms. The van der Waals surface area contributed by atoms with Gasteiger partial charge in [0.2, 0.25) is 5.25 Å². The highest BCUT2D eigenvalue weighted by Crippen LogP contribution is 2.39. The highest BCUT2D eigenvalue weighted by molar-refractivity contribution is 7.98. The minimum Gasteiger partial charge on any atom is -0.497 e. The third-order valence-corrected chi connectivity index (χ3v) is 8.69. The molecular formula is C27H35O4S+. The first kappa shape index (κ1) is 24.2. The molecule has 0 aromatic heterocycles. The zero-order chi connectivity index (χ0) is 23.1. The van der Waals surface area contributed by atoms with Gasteiger partial charge in [0.1, 0.15) is 17.1 Å². The molecule has 1 aliphatic rings. The van der Waals surface area contributed by atoms with Gasteiger partial charge in [-0.25, -0.2) is 4.79 Å². The molecule has 0 radical (unpaired) electrons. The average molecular weight is 456 g/mol. The summed E-state index contributed by atoms with van der Waals surface area (Å²) in [5.74, 6) is 1.74. The predicted octanol–water partition coefficient (Wildman–Crippen LogP) is 6.20. The molecule has 1 aliphatic carbocycles. The predicted molar refractivity (Wildman–Crippen MR) is 131 cm³/mol. The molecule has 3 rings (SSSR count). The van der Waals surface area contributed by atoms with Crippen LogP contribution in [0.2, 0.25) is 0 Å². The van der Waals surface area contributed by atoms with Crippen LogP contribution >= 0.6 is 0 Å². The van der Waals surface area contributed by atoms with Crippen LogP contribution in [0.15, 0.2) is 71.0 Å². The van der Waals surface area contributed by atoms with Crippen molar-refractivity contribution in [3.63, 3.8) is 0 Å². The van der Waals surface area contributed by atoms with E-state index in [4.69, 9.17) is 14.2 Å². The van der Waals surface area contributed by atoms with Crippen molar-refractivity contribution in [2.45, 2.75) is 66.6 Å². The zero-order valence-electron chi connectivity index (χ0n) is 19.6. The second-order valence-electron chi connectivity index (χ2n) is 8.74. The Hall–Kier alpha value is -2.40. The SMILES string of the molecule is C=CC(C)(C)OC(=O)C(C1CCCCC1)[S+](c1ccc(OC)cc1)c1ccc(OC)cc1. The molecule has 0 bridgehead atoms. The first-order valence-electron chi connectivity index (χ1n) is 11.3. The van der Waals surface area contributed by atoms with Crippen molar-refractivity contribution >= 4 is 16.9 Å². The lowest BCUT2D eigenvalue weighted by atomic mass is 9.86. The summed E-state index contributed by atoms with van der Waals surface area (Å²) in [5.41, 5.74) is -0.709. The number of methoxy groups -OCH3 is 2. The summed E-state index contributed by atoms with van der Waals surface area (Å²) in [5, 5.41) is -0.253. The van der Waals surface area contributed by atoms with Gasteiger partial charge < -0.3 is 14.2 Å². The lowest BCUT2D eigenvalue weighted by Crippen LogP contribution is -2.43. The first-order chi connectivity index (χ1) is 15.4. The summed E-state index contributed by atoms with van der Waals surface area (Å²) in [6.07, 6.45) is 7.33. The number of ether oxygens (including phenoxy) is 3. The van der Waals surface area contributed by atoms with Crippen LogP contribution in [-0.4, -0.2) is 31.0 Å². The fraction of sp³-hybridized carbons (Fsp3) is 0.444. The summed E-state index contributed by atoms with van der Waals surface area (Å²) < 4.78 is 16.8. The minimum absolute atomic E-state index is 0.142. The molecule has 0 saturated heterocycles. The van der Waals surface area contributed by atoms with E-state index in [1.54, 1.807) is 20.3 Å². The maximum absolute atomic E-state index is 13.7. The number of benzene rings is 2. The smallest absolute Gasteiger partial charge is 0.361 e. The van der Waals surface area contributed by atoms with Gasteiger partial charge in [-0.3, -0.25) is 0 Å². The Kier molecular flexibility index (Phi) is 8.30. The van der Waals surface area contributed by atoms with Crippen LogP contribution in [0.1, 0.15) is 46.0 Å². The second kappa shape index (κ2) is 11.0. The number of esters is 1. The molecule has 0 heterocycles. The van der Waals surface area contributed by atoms with E-state index < -0.39 is 16.5 Å². The Bertz CT molecular complexity index is 835. The highest BCUT2D eigenvalue weighted by Gasteiger charge is 2.48. The quantitative estimate of drug-likeness (QED) is 0.257. The van der Waals surface area contributed by atoms with Crippen molar-refractivity contribution in [1.29, 1.82) is 0 Å². The van der Waals surface area contributed by atoms with E-state index in [0.717, 1.165) is 47.0 Å². The van der Waals surface area contributed by atoms with E-state index in [2.05, 4.69) is 30.8 Å². The van der Waals surface area contributed by atoms with Crippen molar-refractivity contribution in [3.8, 4) is 11.5 Å². The van der Waals surface area contributed by atoms with Crippen molar-refractivity contribution in [3.05, 3.63) is 61.2 Å². The van der Waals surface area contributed by atoms with E-state index in [9.17, 15) is 4.79 Å². The molecule has 4 nitrogen and oxygen atoms in total. The van der Waals surface area contributed by atoms with Gasteiger partial charge in [0.15, 0.2) is 9.79 Å². The van der Waals surface area contributed by atoms with E-state index in [1.807, 2.05) is 38.1 Å². The van der Waals surface area contributed by atoms with Gasteiger partial charge in [0.05, 0.1) is 25.1 Å². The molecule has 1 atom stereocenters. The highest BCUT2D eigenvalue weighted by atomic mass is 32.2. The number of carbonyl (C=O) groups excluding carboxylic acids is 1. The molecule has 0 spiro atoms. The van der Waals surface area contributed by atoms with Crippen LogP contribution in [0, 0.1) is 5.92 Å². The molecule has 1 unspecified atom stereocenters. The topological polar surface area (TPSA) is 44.8 Å². The minimum atomic E-state index is -0.709. The molecule has 0 N–H and O–H groups in total. The molecule has 5 heteroatoms. The Morgan fingerprint density at radius 3 is 1.81 bits per heavy atom. The Morgan fingerprint density at radius 1 is 0.938 bits per heavy atom. The lowest BCUT2D eigenvalue weighted by Gasteiger charge is -2.31. The van der Waals surface area contributed by atoms with Crippen LogP contribution in [0.4, 0.5) is 0 Å². The Balaban J connectivity index is 2.09. The van der Waals surface area contributed by atoms with Gasteiger partial charge in [-0.15, -0.1) is 0 Å². The van der Waals surface area contributed by atoms with Gasteiger partial charge in [-0.05, 0) is 81.3 Å². The normalized spacial score (nSPS) is 15.8. The summed E-state index contributed by atoms with van der Waals surface area (Å²) in [6, 6.07) is 16.2. The Morgan fingerprint density at radius 2 is 1.41 bits per heavy atom. The fourth-order valence-electron chi connectivity index (χ4n) is 4.15. The fourth-order valence-corrected chi connectivity index (χ4v) is 6.77. The van der Waals surface area contributed by atoms with Crippen LogP contribution in [0.5, 0.6) is 11.5 Å². The molecule has 172 valence electrons. The van der Waals surface area contributed by atoms with Gasteiger partial charge in [0, 0.05) is 5.92 Å². The van der Waals surface area contributed by atoms with E-state index in [0.29, 0.717) is 0 Å². The molecule has 0 aliphatic heterocycles. The largest absolute Gasteiger partial charge is 0.497 e. The van der Waals surface area contributed by atoms with Crippen molar-refractivity contribution in [1.82, 2.24) is 0 Å². The molecule has 0 amide bonds. The van der Waals surface area contributed by atoms with E-state index in [-0.39, 0.29) is 17.1 Å². The third kappa shape index (κ3) is 5.89. The van der Waals surface area contributed by atoms with Gasteiger partial charge >= 0.3 is 5.97 Å². The van der Waals surface area contributed by atoms with Crippen LogP contribution in [-0.2, 0) is 20.4 Å². The van der Waals surface area contributed by atoms with E-state index >= 15 is 0 Å². The summed E-state index contributed by atoms with van der Waals surface area (Å²) >= 11 is 0. The van der Waals surface area contributed by atoms with Gasteiger partial charge in [0.25, 0.3) is 0 Å². The van der Waals surface area contributed by atoms with Gasteiger partial charge in [-0.2, -0.15) is 0 Å². The van der Waals surface area contributed by atoms with Gasteiger partial charge in [-0.1, -0.05) is 25.8 Å². The van der Waals surface area contributed by atoms with Crippen molar-refractivity contribution < 1.29 is 19.0 Å². The zero-order valence-corrected chi connectivity index (χ0v) is 20.5. The average Bonchev–Trinajstić information content (AvgIpc) is 2.83. The van der Waals surface area contributed by atoms with E-state index in [1.165, 1.54) is 6.42 Å². The number of hydrogen-bond acceptors (Lipinski definition) is 4. The van der Waals surface area contributed by atoms with Crippen molar-refractivity contribution in [2.75, 3.05) is 14.2 Å². The number of hydrogen-bond donors (Lipinski definition) is 0. The monoisotopic (exact) mass is 455 g/mol. The van der Waals surface area contributed by atoms with Crippen molar-refractivity contribution in [2.24, 2.45) is 5.92 Å². The molecular weight excluding hydrogens is 420 g/mol. The maximum Gasteiger partial charge on any atom is 0.361 e. The summed E-state index contributed by atoms with van der Waals surface area (Å²) in [4.78, 5) is 16.0. The van der Waals surface area contributed by atoms with Crippen LogP contribution in [0.25, 0.3) is 0 Å². The Labute approximate surface area is 195 Å². The third-order valence-electron chi connectivity index (χ3n) is 6.05. The molecule has 1 saturated carbocycles. The maximum atomic E-state index is 13.7. The molecule has 2 aromatic rings. The second-order valence-corrected chi connectivity index (χ2v) is 10.9. The first-order valence-corrected chi connectivity index (χ1v) is 12.5.